The van der Waals surface area contributed by atoms with Gasteiger partial charge in [0.25, 0.3) is 0 Å². The number of nitrogens with one attached hydrogen (secondary N) is 1. The second kappa shape index (κ2) is 8.76. The molecule has 4 rings (SSSR count). The van der Waals surface area contributed by atoms with Crippen LogP contribution in [0.2, 0.25) is 5.02 Å². The molecule has 7 heteroatoms. The minimum Gasteiger partial charge on any atom is -0.383 e. The molecule has 1 fully saturated rings. The molecule has 0 unspecified atom stereocenters. The molecule has 0 saturated carbocycles. The van der Waals surface area contributed by atoms with E-state index in [0.29, 0.717) is 13.2 Å². The Hall–Kier alpha value is -2.41. The van der Waals surface area contributed by atoms with Crippen molar-refractivity contribution in [3.8, 4) is 5.69 Å². The number of rotatable bonds is 6. The third-order valence-electron chi connectivity index (χ3n) is 5.61. The molecule has 1 N–H and O–H groups in total. The molecule has 5 nitrogen and oxygen atoms in total. The predicted octanol–water partition coefficient (Wildman–Crippen LogP) is 4.76. The Bertz CT molecular complexity index is 1040. The first-order valence-corrected chi connectivity index (χ1v) is 10.7. The highest BCUT2D eigenvalue weighted by molar-refractivity contribution is 7.80. The average Bonchev–Trinajstić information content (AvgIpc) is 3.23. The number of pyridine rings is 1. The van der Waals surface area contributed by atoms with E-state index in [1.807, 2.05) is 48.7 Å². The SMILES string of the molecule is COCCN1C(=S)N[C@@H](c2ccccn2)[C@@H]1c1cc(C)n(-c2ccc(Cl)cc2)c1C. The summed E-state index contributed by atoms with van der Waals surface area (Å²) in [6, 6.07) is 16.2. The molecule has 0 radical (unpaired) electrons. The number of hydrogen-bond donors (Lipinski definition) is 1. The van der Waals surface area contributed by atoms with Crippen molar-refractivity contribution in [1.82, 2.24) is 19.8 Å². The van der Waals surface area contributed by atoms with Gasteiger partial charge in [-0.2, -0.15) is 0 Å². The van der Waals surface area contributed by atoms with Gasteiger partial charge in [0, 0.05) is 41.9 Å². The van der Waals surface area contributed by atoms with E-state index in [0.717, 1.165) is 27.2 Å². The van der Waals surface area contributed by atoms with Crippen LogP contribution in [0.25, 0.3) is 5.69 Å². The highest BCUT2D eigenvalue weighted by atomic mass is 35.5. The van der Waals surface area contributed by atoms with Crippen LogP contribution in [0.3, 0.4) is 0 Å². The Morgan fingerprint density at radius 3 is 2.60 bits per heavy atom. The summed E-state index contributed by atoms with van der Waals surface area (Å²) in [5, 5.41) is 4.95. The fourth-order valence-electron chi connectivity index (χ4n) is 4.25. The third kappa shape index (κ3) is 3.83. The van der Waals surface area contributed by atoms with Crippen LogP contribution in [-0.2, 0) is 4.74 Å². The Balaban J connectivity index is 1.81. The molecular weight excluding hydrogens is 416 g/mol. The Morgan fingerprint density at radius 1 is 1.17 bits per heavy atom. The fourth-order valence-corrected chi connectivity index (χ4v) is 4.71. The fraction of sp³-hybridized carbons (Fsp3) is 0.304. The molecule has 156 valence electrons. The van der Waals surface area contributed by atoms with Crippen molar-refractivity contribution in [2.75, 3.05) is 20.3 Å². The van der Waals surface area contributed by atoms with E-state index < -0.39 is 0 Å². The van der Waals surface area contributed by atoms with Gasteiger partial charge in [0.15, 0.2) is 5.11 Å². The molecule has 0 bridgehead atoms. The van der Waals surface area contributed by atoms with Crippen LogP contribution in [0.5, 0.6) is 0 Å². The lowest BCUT2D eigenvalue weighted by Gasteiger charge is -2.28. The van der Waals surface area contributed by atoms with Crippen molar-refractivity contribution in [3.05, 3.63) is 82.4 Å². The van der Waals surface area contributed by atoms with E-state index in [1.165, 1.54) is 11.3 Å². The van der Waals surface area contributed by atoms with Gasteiger partial charge >= 0.3 is 0 Å². The van der Waals surface area contributed by atoms with Gasteiger partial charge in [-0.15, -0.1) is 0 Å². The summed E-state index contributed by atoms with van der Waals surface area (Å²) in [5.41, 5.74) is 5.62. The molecule has 0 amide bonds. The molecule has 1 aliphatic heterocycles. The average molecular weight is 441 g/mol. The van der Waals surface area contributed by atoms with Crippen LogP contribution in [-0.4, -0.2) is 39.8 Å². The summed E-state index contributed by atoms with van der Waals surface area (Å²) >= 11 is 11.8. The van der Waals surface area contributed by atoms with Crippen molar-refractivity contribution in [3.63, 3.8) is 0 Å². The number of benzene rings is 1. The normalized spacial score (nSPS) is 18.7. The maximum Gasteiger partial charge on any atom is 0.170 e. The van der Waals surface area contributed by atoms with E-state index in [2.05, 4.69) is 39.7 Å². The Labute approximate surface area is 187 Å². The number of thiocarbonyl (C=S) groups is 1. The summed E-state index contributed by atoms with van der Waals surface area (Å²) < 4.78 is 7.62. The molecule has 0 aliphatic carbocycles. The van der Waals surface area contributed by atoms with Crippen LogP contribution < -0.4 is 5.32 Å². The van der Waals surface area contributed by atoms with Crippen molar-refractivity contribution in [2.45, 2.75) is 25.9 Å². The van der Waals surface area contributed by atoms with Crippen LogP contribution in [0.15, 0.2) is 54.7 Å². The van der Waals surface area contributed by atoms with Crippen LogP contribution in [0.1, 0.15) is 34.7 Å². The molecule has 0 spiro atoms. The quantitative estimate of drug-likeness (QED) is 0.559. The van der Waals surface area contributed by atoms with Gasteiger partial charge in [0.2, 0.25) is 0 Å². The van der Waals surface area contributed by atoms with E-state index in [4.69, 9.17) is 28.6 Å². The van der Waals surface area contributed by atoms with Crippen molar-refractivity contribution in [1.29, 1.82) is 0 Å². The Morgan fingerprint density at radius 2 is 1.93 bits per heavy atom. The van der Waals surface area contributed by atoms with Crippen molar-refractivity contribution < 1.29 is 4.74 Å². The summed E-state index contributed by atoms with van der Waals surface area (Å²) in [6.45, 7) is 5.59. The zero-order valence-corrected chi connectivity index (χ0v) is 18.9. The van der Waals surface area contributed by atoms with Gasteiger partial charge in [-0.1, -0.05) is 17.7 Å². The van der Waals surface area contributed by atoms with Crippen LogP contribution in [0, 0.1) is 13.8 Å². The van der Waals surface area contributed by atoms with Crippen molar-refractivity contribution in [2.24, 2.45) is 0 Å². The highest BCUT2D eigenvalue weighted by Crippen LogP contribution is 2.41. The second-order valence-corrected chi connectivity index (χ2v) is 8.27. The lowest BCUT2D eigenvalue weighted by molar-refractivity contribution is 0.164. The van der Waals surface area contributed by atoms with Gasteiger partial charge in [-0.25, -0.2) is 0 Å². The minimum absolute atomic E-state index is 0.0230. The number of hydrogen-bond acceptors (Lipinski definition) is 3. The topological polar surface area (TPSA) is 42.3 Å². The summed E-state index contributed by atoms with van der Waals surface area (Å²) in [7, 11) is 1.71. The Kier molecular flexibility index (Phi) is 6.09. The molecule has 1 aliphatic rings. The lowest BCUT2D eigenvalue weighted by atomic mass is 9.97. The smallest absolute Gasteiger partial charge is 0.170 e. The largest absolute Gasteiger partial charge is 0.383 e. The number of methoxy groups -OCH3 is 1. The van der Waals surface area contributed by atoms with E-state index in [1.54, 1.807) is 7.11 Å². The van der Waals surface area contributed by atoms with Crippen LogP contribution in [0.4, 0.5) is 0 Å². The van der Waals surface area contributed by atoms with Gasteiger partial charge < -0.3 is 19.5 Å². The molecule has 1 aromatic carbocycles. The van der Waals surface area contributed by atoms with Crippen LogP contribution >= 0.6 is 23.8 Å². The zero-order valence-electron chi connectivity index (χ0n) is 17.3. The van der Waals surface area contributed by atoms with Crippen molar-refractivity contribution >= 4 is 28.9 Å². The molecule has 1 saturated heterocycles. The van der Waals surface area contributed by atoms with E-state index in [-0.39, 0.29) is 12.1 Å². The molecule has 2 aromatic heterocycles. The standard InChI is InChI=1S/C23H25ClN4OS/c1-15-14-19(16(2)28(15)18-9-7-17(24)8-10-18)22-21(20-6-4-5-11-25-20)26-23(30)27(22)12-13-29-3/h4-11,14,21-22H,12-13H2,1-3H3,(H,26,30)/t21-,22-/m0/s1. The summed E-state index contributed by atoms with van der Waals surface area (Å²) in [4.78, 5) is 6.83. The van der Waals surface area contributed by atoms with Gasteiger partial charge in [-0.3, -0.25) is 4.98 Å². The second-order valence-electron chi connectivity index (χ2n) is 7.45. The maximum atomic E-state index is 6.10. The summed E-state index contributed by atoms with van der Waals surface area (Å²) in [6.07, 6.45) is 1.83. The van der Waals surface area contributed by atoms with Gasteiger partial charge in [-0.05, 0) is 74.1 Å². The minimum atomic E-state index is -0.0327. The predicted molar refractivity (Wildman–Crippen MR) is 124 cm³/mol. The first-order valence-electron chi connectivity index (χ1n) is 9.93. The molecule has 30 heavy (non-hydrogen) atoms. The first-order chi connectivity index (χ1) is 14.5. The first kappa shape index (κ1) is 20.8. The molecule has 2 atom stereocenters. The summed E-state index contributed by atoms with van der Waals surface area (Å²) in [5.74, 6) is 0. The molecule has 3 aromatic rings. The number of ether oxygens (including phenoxy) is 1. The molecule has 3 heterocycles. The maximum absolute atomic E-state index is 6.10. The monoisotopic (exact) mass is 440 g/mol. The van der Waals surface area contributed by atoms with Gasteiger partial charge in [0.1, 0.15) is 0 Å². The molecular formula is C23H25ClN4OS. The van der Waals surface area contributed by atoms with E-state index in [9.17, 15) is 0 Å². The van der Waals surface area contributed by atoms with Gasteiger partial charge in [0.05, 0.1) is 24.4 Å². The lowest BCUT2D eigenvalue weighted by Crippen LogP contribution is -2.32. The number of nitrogens with zero attached hydrogens (tertiary/aromatic N) is 3. The number of aryl methyl sites for hydroxylation is 1. The number of aromatic nitrogens is 2. The number of halogens is 1. The highest BCUT2D eigenvalue weighted by Gasteiger charge is 2.41. The van der Waals surface area contributed by atoms with E-state index >= 15 is 0 Å². The zero-order chi connectivity index (χ0) is 21.3. The third-order valence-corrected chi connectivity index (χ3v) is 6.21.